The second-order valence-electron chi connectivity index (χ2n) is 5.84. The Balaban J connectivity index is 1.94. The number of rotatable bonds is 5. The number of hydrogen-bond donors (Lipinski definition) is 1. The first kappa shape index (κ1) is 14.5. The Morgan fingerprint density at radius 2 is 2.21 bits per heavy atom. The van der Waals surface area contributed by atoms with Crippen molar-refractivity contribution in [2.75, 3.05) is 7.05 Å². The predicted octanol–water partition coefficient (Wildman–Crippen LogP) is 2.84. The lowest BCUT2D eigenvalue weighted by molar-refractivity contribution is 0.00915. The minimum absolute atomic E-state index is 0.179. The molecule has 1 fully saturated rings. The molecule has 1 aromatic rings. The third-order valence-corrected chi connectivity index (χ3v) is 4.29. The van der Waals surface area contributed by atoms with Crippen molar-refractivity contribution in [3.63, 3.8) is 0 Å². The number of aromatic nitrogens is 1. The van der Waals surface area contributed by atoms with Crippen LogP contribution in [0.2, 0.25) is 0 Å². The van der Waals surface area contributed by atoms with E-state index < -0.39 is 0 Å². The van der Waals surface area contributed by atoms with Crippen LogP contribution in [0.25, 0.3) is 0 Å². The number of likely N-dealkylation sites (N-methyl/N-ethyl adjacent to an activating group) is 1. The summed E-state index contributed by atoms with van der Waals surface area (Å²) in [5.74, 6) is 0.782. The Morgan fingerprint density at radius 3 is 2.89 bits per heavy atom. The summed E-state index contributed by atoms with van der Waals surface area (Å²) in [5.41, 5.74) is 1.08. The molecule has 3 atom stereocenters. The molecule has 3 unspecified atom stereocenters. The summed E-state index contributed by atoms with van der Waals surface area (Å²) < 4.78 is 0. The molecular formula is C16H26N2O. The normalized spacial score (nSPS) is 27.7. The molecule has 0 spiro atoms. The molecule has 2 rings (SSSR count). The van der Waals surface area contributed by atoms with Crippen molar-refractivity contribution >= 4 is 0 Å². The highest BCUT2D eigenvalue weighted by atomic mass is 16.3. The zero-order chi connectivity index (χ0) is 13.7. The van der Waals surface area contributed by atoms with Gasteiger partial charge in [0.1, 0.15) is 0 Å². The summed E-state index contributed by atoms with van der Waals surface area (Å²) in [6, 6.07) is 6.30. The monoisotopic (exact) mass is 262 g/mol. The summed E-state index contributed by atoms with van der Waals surface area (Å²) in [5, 5.41) is 10.2. The van der Waals surface area contributed by atoms with Gasteiger partial charge in [-0.05, 0) is 44.4 Å². The van der Waals surface area contributed by atoms with E-state index >= 15 is 0 Å². The van der Waals surface area contributed by atoms with Gasteiger partial charge in [-0.2, -0.15) is 0 Å². The molecule has 0 aromatic carbocycles. The summed E-state index contributed by atoms with van der Waals surface area (Å²) in [4.78, 5) is 6.64. The maximum absolute atomic E-state index is 10.2. The molecule has 19 heavy (non-hydrogen) atoms. The highest BCUT2D eigenvalue weighted by molar-refractivity contribution is 5.03. The fourth-order valence-electron chi connectivity index (χ4n) is 3.22. The third kappa shape index (κ3) is 4.02. The van der Waals surface area contributed by atoms with E-state index in [4.69, 9.17) is 0 Å². The van der Waals surface area contributed by atoms with Crippen LogP contribution in [0.4, 0.5) is 0 Å². The van der Waals surface area contributed by atoms with E-state index in [1.807, 2.05) is 18.3 Å². The molecular weight excluding hydrogens is 236 g/mol. The van der Waals surface area contributed by atoms with Crippen molar-refractivity contribution < 1.29 is 5.11 Å². The van der Waals surface area contributed by atoms with Crippen LogP contribution in [-0.2, 0) is 6.54 Å². The largest absolute Gasteiger partial charge is 0.391 e. The van der Waals surface area contributed by atoms with Crippen LogP contribution in [0.15, 0.2) is 24.4 Å². The first-order valence-electron chi connectivity index (χ1n) is 7.49. The fraction of sp³-hybridized carbons (Fsp3) is 0.688. The van der Waals surface area contributed by atoms with Crippen LogP contribution in [0.3, 0.4) is 0 Å². The van der Waals surface area contributed by atoms with Crippen LogP contribution in [0, 0.1) is 5.92 Å². The topological polar surface area (TPSA) is 36.4 Å². The van der Waals surface area contributed by atoms with Gasteiger partial charge in [-0.15, -0.1) is 0 Å². The molecule has 0 radical (unpaired) electrons. The first-order valence-corrected chi connectivity index (χ1v) is 7.49. The van der Waals surface area contributed by atoms with Crippen LogP contribution in [0.1, 0.15) is 44.7 Å². The minimum Gasteiger partial charge on any atom is -0.391 e. The molecule has 3 nitrogen and oxygen atoms in total. The van der Waals surface area contributed by atoms with Crippen LogP contribution in [0.5, 0.6) is 0 Å². The molecule has 1 heterocycles. The zero-order valence-corrected chi connectivity index (χ0v) is 12.1. The highest BCUT2D eigenvalue weighted by Crippen LogP contribution is 2.31. The zero-order valence-electron chi connectivity index (χ0n) is 12.1. The van der Waals surface area contributed by atoms with Crippen LogP contribution < -0.4 is 0 Å². The fourth-order valence-corrected chi connectivity index (χ4v) is 3.22. The van der Waals surface area contributed by atoms with Gasteiger partial charge < -0.3 is 5.11 Å². The van der Waals surface area contributed by atoms with Gasteiger partial charge in [0.2, 0.25) is 0 Å². The first-order chi connectivity index (χ1) is 9.20. The van der Waals surface area contributed by atoms with E-state index in [1.54, 1.807) is 0 Å². The molecule has 3 heteroatoms. The SMILES string of the molecule is CCCC1CCC(O)C(N(C)Cc2ccccn2)C1. The van der Waals surface area contributed by atoms with Gasteiger partial charge in [0.15, 0.2) is 0 Å². The standard InChI is InChI=1S/C16H26N2O/c1-3-6-13-8-9-16(19)15(11-13)18(2)12-14-7-4-5-10-17-14/h4-5,7,10,13,15-16,19H,3,6,8-9,11-12H2,1-2H3. The molecule has 1 N–H and O–H groups in total. The summed E-state index contributed by atoms with van der Waals surface area (Å²) in [6.45, 7) is 3.07. The Hall–Kier alpha value is -0.930. The predicted molar refractivity (Wildman–Crippen MR) is 77.7 cm³/mol. The number of pyridine rings is 1. The van der Waals surface area contributed by atoms with Crippen molar-refractivity contribution in [3.05, 3.63) is 30.1 Å². The molecule has 1 aromatic heterocycles. The maximum atomic E-state index is 10.2. The molecule has 1 aliphatic carbocycles. The lowest BCUT2D eigenvalue weighted by Crippen LogP contribution is -2.45. The molecule has 106 valence electrons. The van der Waals surface area contributed by atoms with E-state index in [-0.39, 0.29) is 12.1 Å². The minimum atomic E-state index is -0.179. The lowest BCUT2D eigenvalue weighted by Gasteiger charge is -2.38. The van der Waals surface area contributed by atoms with Crippen molar-refractivity contribution in [2.45, 2.75) is 57.7 Å². The second kappa shape index (κ2) is 7.01. The quantitative estimate of drug-likeness (QED) is 0.886. The average molecular weight is 262 g/mol. The number of aliphatic hydroxyl groups is 1. The van der Waals surface area contributed by atoms with Gasteiger partial charge >= 0.3 is 0 Å². The number of hydrogen-bond acceptors (Lipinski definition) is 3. The summed E-state index contributed by atoms with van der Waals surface area (Å²) in [6.07, 6.45) is 7.45. The van der Waals surface area contributed by atoms with Gasteiger partial charge in [0.05, 0.1) is 11.8 Å². The van der Waals surface area contributed by atoms with Crippen molar-refractivity contribution in [2.24, 2.45) is 5.92 Å². The molecule has 0 saturated heterocycles. The third-order valence-electron chi connectivity index (χ3n) is 4.29. The molecule has 1 saturated carbocycles. The average Bonchev–Trinajstić information content (AvgIpc) is 2.42. The molecule has 0 amide bonds. The summed E-state index contributed by atoms with van der Waals surface area (Å²) >= 11 is 0. The molecule has 0 aliphatic heterocycles. The second-order valence-corrected chi connectivity index (χ2v) is 5.84. The van der Waals surface area contributed by atoms with E-state index in [9.17, 15) is 5.11 Å². The van der Waals surface area contributed by atoms with Gasteiger partial charge in [-0.25, -0.2) is 0 Å². The van der Waals surface area contributed by atoms with Gasteiger partial charge in [-0.1, -0.05) is 25.8 Å². The van der Waals surface area contributed by atoms with Gasteiger partial charge in [-0.3, -0.25) is 9.88 Å². The number of aliphatic hydroxyl groups excluding tert-OH is 1. The maximum Gasteiger partial charge on any atom is 0.0695 e. The summed E-state index contributed by atoms with van der Waals surface area (Å²) in [7, 11) is 2.11. The Kier molecular flexibility index (Phi) is 5.34. The number of nitrogens with zero attached hydrogens (tertiary/aromatic N) is 2. The van der Waals surface area contributed by atoms with E-state index in [0.29, 0.717) is 0 Å². The van der Waals surface area contributed by atoms with Crippen LogP contribution >= 0.6 is 0 Å². The van der Waals surface area contributed by atoms with Crippen molar-refractivity contribution in [1.82, 2.24) is 9.88 Å². The van der Waals surface area contributed by atoms with Crippen molar-refractivity contribution in [1.29, 1.82) is 0 Å². The Bertz CT molecular complexity index is 368. The van der Waals surface area contributed by atoms with E-state index in [2.05, 4.69) is 29.9 Å². The Labute approximate surface area is 116 Å². The lowest BCUT2D eigenvalue weighted by atomic mass is 9.81. The van der Waals surface area contributed by atoms with Gasteiger partial charge in [0, 0.05) is 18.8 Å². The van der Waals surface area contributed by atoms with Crippen molar-refractivity contribution in [3.8, 4) is 0 Å². The van der Waals surface area contributed by atoms with E-state index in [0.717, 1.165) is 31.0 Å². The molecule has 0 bridgehead atoms. The smallest absolute Gasteiger partial charge is 0.0695 e. The molecule has 1 aliphatic rings. The Morgan fingerprint density at radius 1 is 1.37 bits per heavy atom. The van der Waals surface area contributed by atoms with Crippen LogP contribution in [-0.4, -0.2) is 34.2 Å². The van der Waals surface area contributed by atoms with Gasteiger partial charge in [0.25, 0.3) is 0 Å². The van der Waals surface area contributed by atoms with E-state index in [1.165, 1.54) is 19.3 Å². The highest BCUT2D eigenvalue weighted by Gasteiger charge is 2.31.